The van der Waals surface area contributed by atoms with Gasteiger partial charge in [-0.1, -0.05) is 19.3 Å². The van der Waals surface area contributed by atoms with E-state index in [-0.39, 0.29) is 6.03 Å². The van der Waals surface area contributed by atoms with E-state index in [4.69, 9.17) is 0 Å². The number of imidazole rings is 1. The fraction of sp³-hybridized carbons (Fsp3) is 0.789. The van der Waals surface area contributed by atoms with E-state index in [1.54, 1.807) is 0 Å². The van der Waals surface area contributed by atoms with Crippen molar-refractivity contribution in [3.05, 3.63) is 17.7 Å². The second-order valence-electron chi connectivity index (χ2n) is 7.87. The lowest BCUT2D eigenvalue weighted by Gasteiger charge is -2.26. The zero-order chi connectivity index (χ0) is 17.1. The number of aryl methyl sites for hydroxylation is 1. The minimum absolute atomic E-state index is 0.146. The first-order valence-electron chi connectivity index (χ1n) is 9.62. The van der Waals surface area contributed by atoms with Gasteiger partial charge in [-0.25, -0.2) is 9.78 Å². The number of hydrogen-bond acceptors (Lipinski definition) is 2. The van der Waals surface area contributed by atoms with Crippen LogP contribution < -0.4 is 5.32 Å². The van der Waals surface area contributed by atoms with Crippen molar-refractivity contribution < 1.29 is 4.79 Å². The van der Waals surface area contributed by atoms with Crippen LogP contribution in [0.25, 0.3) is 0 Å². The summed E-state index contributed by atoms with van der Waals surface area (Å²) in [5, 5.41) is 3.25. The average Bonchev–Trinajstić information content (AvgIpc) is 3.16. The van der Waals surface area contributed by atoms with Crippen LogP contribution in [0.15, 0.2) is 6.20 Å². The molecule has 0 bridgehead atoms. The smallest absolute Gasteiger partial charge is 0.317 e. The van der Waals surface area contributed by atoms with E-state index < -0.39 is 0 Å². The Morgan fingerprint density at radius 1 is 1.29 bits per heavy atom. The molecule has 3 rings (SSSR count). The molecule has 1 atom stereocenters. The Bertz CT molecular complexity index is 560. The highest BCUT2D eigenvalue weighted by atomic mass is 16.2. The van der Waals surface area contributed by atoms with Crippen molar-refractivity contribution >= 4 is 6.03 Å². The molecule has 1 unspecified atom stereocenters. The molecule has 1 aliphatic carbocycles. The molecule has 5 nitrogen and oxygen atoms in total. The van der Waals surface area contributed by atoms with Crippen molar-refractivity contribution in [3.8, 4) is 0 Å². The van der Waals surface area contributed by atoms with Gasteiger partial charge in [-0.2, -0.15) is 0 Å². The first-order chi connectivity index (χ1) is 11.5. The molecule has 2 aliphatic rings. The van der Waals surface area contributed by atoms with Gasteiger partial charge in [0.05, 0.1) is 0 Å². The molecule has 2 fully saturated rings. The molecular weight excluding hydrogens is 300 g/mol. The highest BCUT2D eigenvalue weighted by Gasteiger charge is 2.29. The maximum absolute atomic E-state index is 12.5. The molecule has 1 aromatic heterocycles. The number of nitrogens with one attached hydrogen (secondary N) is 1. The first-order valence-corrected chi connectivity index (χ1v) is 9.62. The molecule has 1 saturated carbocycles. The lowest BCUT2D eigenvalue weighted by atomic mass is 9.96. The minimum atomic E-state index is 0.146. The van der Waals surface area contributed by atoms with Gasteiger partial charge in [-0.15, -0.1) is 0 Å². The molecule has 24 heavy (non-hydrogen) atoms. The fourth-order valence-corrected chi connectivity index (χ4v) is 4.31. The molecule has 2 heterocycles. The van der Waals surface area contributed by atoms with E-state index in [9.17, 15) is 4.79 Å². The van der Waals surface area contributed by atoms with Gasteiger partial charge in [0.15, 0.2) is 0 Å². The van der Waals surface area contributed by atoms with Crippen LogP contribution >= 0.6 is 0 Å². The van der Waals surface area contributed by atoms with Gasteiger partial charge in [0.25, 0.3) is 0 Å². The Balaban J connectivity index is 1.53. The Morgan fingerprint density at radius 3 is 2.75 bits per heavy atom. The molecule has 0 spiro atoms. The highest BCUT2D eigenvalue weighted by Crippen LogP contribution is 2.24. The molecular formula is C19H32N4O. The lowest BCUT2D eigenvalue weighted by Crippen LogP contribution is -2.44. The number of hydrogen-bond donors (Lipinski definition) is 1. The van der Waals surface area contributed by atoms with Crippen LogP contribution in [0.5, 0.6) is 0 Å². The quantitative estimate of drug-likeness (QED) is 0.914. The topological polar surface area (TPSA) is 50.2 Å². The summed E-state index contributed by atoms with van der Waals surface area (Å²) in [7, 11) is 0. The van der Waals surface area contributed by atoms with Crippen LogP contribution in [0, 0.1) is 12.8 Å². The van der Waals surface area contributed by atoms with Crippen LogP contribution in [-0.2, 0) is 6.42 Å². The summed E-state index contributed by atoms with van der Waals surface area (Å²) >= 11 is 0. The third-order valence-corrected chi connectivity index (χ3v) is 5.55. The predicted molar refractivity (Wildman–Crippen MR) is 96.1 cm³/mol. The van der Waals surface area contributed by atoms with Crippen molar-refractivity contribution in [1.82, 2.24) is 19.8 Å². The lowest BCUT2D eigenvalue weighted by molar-refractivity contribution is 0.198. The Hall–Kier alpha value is -1.52. The summed E-state index contributed by atoms with van der Waals surface area (Å²) in [6, 6.07) is 0.982. The van der Waals surface area contributed by atoms with E-state index in [1.807, 2.05) is 11.1 Å². The molecule has 134 valence electrons. The number of carbonyl (C=O) groups is 1. The van der Waals surface area contributed by atoms with Crippen LogP contribution in [0.3, 0.4) is 0 Å². The average molecular weight is 332 g/mol. The highest BCUT2D eigenvalue weighted by molar-refractivity contribution is 5.74. The molecule has 1 N–H and O–H groups in total. The second-order valence-corrected chi connectivity index (χ2v) is 7.87. The fourth-order valence-electron chi connectivity index (χ4n) is 4.31. The number of aromatic nitrogens is 2. The first kappa shape index (κ1) is 17.3. The zero-order valence-corrected chi connectivity index (χ0v) is 15.4. The maximum atomic E-state index is 12.5. The zero-order valence-electron chi connectivity index (χ0n) is 15.4. The van der Waals surface area contributed by atoms with E-state index in [1.165, 1.54) is 30.8 Å². The van der Waals surface area contributed by atoms with Crippen LogP contribution in [0.1, 0.15) is 69.9 Å². The maximum Gasteiger partial charge on any atom is 0.317 e. The third kappa shape index (κ3) is 3.93. The number of amides is 2. The molecule has 5 heteroatoms. The molecule has 0 radical (unpaired) electrons. The van der Waals surface area contributed by atoms with Gasteiger partial charge in [0.1, 0.15) is 5.82 Å². The van der Waals surface area contributed by atoms with Crippen LogP contribution in [-0.4, -0.2) is 39.6 Å². The van der Waals surface area contributed by atoms with Crippen molar-refractivity contribution in [1.29, 1.82) is 0 Å². The Labute approximate surface area is 145 Å². The SMILES string of the molecule is Cc1cnc(CC2CCN(C(=O)NC3CCCCC3)C2)n1C(C)C. The Kier molecular flexibility index (Phi) is 5.47. The van der Waals surface area contributed by atoms with Crippen molar-refractivity contribution in [2.24, 2.45) is 5.92 Å². The van der Waals surface area contributed by atoms with Crippen molar-refractivity contribution in [2.45, 2.75) is 77.8 Å². The number of rotatable bonds is 4. The molecule has 1 saturated heterocycles. The number of nitrogens with zero attached hydrogens (tertiary/aromatic N) is 3. The third-order valence-electron chi connectivity index (χ3n) is 5.55. The number of urea groups is 1. The molecule has 1 aromatic rings. The van der Waals surface area contributed by atoms with Gasteiger partial charge in [0, 0.05) is 43.5 Å². The normalized spacial score (nSPS) is 22.3. The van der Waals surface area contributed by atoms with Gasteiger partial charge in [0.2, 0.25) is 0 Å². The molecule has 0 aromatic carbocycles. The summed E-state index contributed by atoms with van der Waals surface area (Å²) in [5.74, 6) is 1.70. The van der Waals surface area contributed by atoms with Crippen LogP contribution in [0.4, 0.5) is 4.79 Å². The van der Waals surface area contributed by atoms with E-state index in [0.29, 0.717) is 18.0 Å². The number of likely N-dealkylation sites (tertiary alicyclic amines) is 1. The van der Waals surface area contributed by atoms with Gasteiger partial charge in [-0.05, 0) is 46.0 Å². The largest absolute Gasteiger partial charge is 0.335 e. The minimum Gasteiger partial charge on any atom is -0.335 e. The van der Waals surface area contributed by atoms with E-state index in [2.05, 4.69) is 35.6 Å². The second kappa shape index (κ2) is 7.58. The van der Waals surface area contributed by atoms with Gasteiger partial charge >= 0.3 is 6.03 Å². The van der Waals surface area contributed by atoms with Crippen LogP contribution in [0.2, 0.25) is 0 Å². The summed E-state index contributed by atoms with van der Waals surface area (Å²) in [5.41, 5.74) is 1.23. The molecule has 2 amide bonds. The van der Waals surface area contributed by atoms with Crippen molar-refractivity contribution in [3.63, 3.8) is 0 Å². The summed E-state index contributed by atoms with van der Waals surface area (Å²) < 4.78 is 2.32. The summed E-state index contributed by atoms with van der Waals surface area (Å²) in [6.45, 7) is 8.27. The predicted octanol–water partition coefficient (Wildman–Crippen LogP) is 3.68. The summed E-state index contributed by atoms with van der Waals surface area (Å²) in [6.07, 6.45) is 10.1. The summed E-state index contributed by atoms with van der Waals surface area (Å²) in [4.78, 5) is 19.1. The van der Waals surface area contributed by atoms with Gasteiger partial charge < -0.3 is 14.8 Å². The van der Waals surface area contributed by atoms with Crippen molar-refractivity contribution in [2.75, 3.05) is 13.1 Å². The van der Waals surface area contributed by atoms with E-state index >= 15 is 0 Å². The van der Waals surface area contributed by atoms with Gasteiger partial charge in [-0.3, -0.25) is 0 Å². The standard InChI is InChI=1S/C19H32N4O/c1-14(2)23-15(3)12-20-18(23)11-16-9-10-22(13-16)19(24)21-17-7-5-4-6-8-17/h12,14,16-17H,4-11,13H2,1-3H3,(H,21,24). The van der Waals surface area contributed by atoms with E-state index in [0.717, 1.165) is 38.8 Å². The number of carbonyl (C=O) groups excluding carboxylic acids is 1. The molecule has 1 aliphatic heterocycles. The Morgan fingerprint density at radius 2 is 2.04 bits per heavy atom. The monoisotopic (exact) mass is 332 g/mol.